The predicted octanol–water partition coefficient (Wildman–Crippen LogP) is 3.41. The zero-order chi connectivity index (χ0) is 16.1. The Morgan fingerprint density at radius 3 is 2.14 bits per heavy atom. The molecule has 0 atom stereocenters. The van der Waals surface area contributed by atoms with Crippen molar-refractivity contribution in [3.63, 3.8) is 0 Å². The fourth-order valence-corrected chi connectivity index (χ4v) is 1.67. The Morgan fingerprint density at radius 1 is 1.05 bits per heavy atom. The lowest BCUT2D eigenvalue weighted by atomic mass is 10.1. The normalized spacial score (nSPS) is 9.86. The number of non-ortho nitro benzene ring substituents is 1. The molecule has 0 unspecified atom stereocenters. The Kier molecular flexibility index (Phi) is 4.47. The fraction of sp³-hybridized carbons (Fsp3) is 0.0667. The molecule has 0 fully saturated rings. The molecule has 0 heterocycles. The molecule has 1 amide bonds. The number of carbonyl (C=O) groups excluding carboxylic acids is 2. The Balaban J connectivity index is 1.97. The van der Waals surface area contributed by atoms with Crippen LogP contribution in [0.5, 0.6) is 5.75 Å². The van der Waals surface area contributed by atoms with Crippen molar-refractivity contribution in [3.8, 4) is 5.75 Å². The summed E-state index contributed by atoms with van der Waals surface area (Å²) in [6.07, 6.45) is -0.732. The number of rotatable bonds is 4. The molecule has 7 heteroatoms. The summed E-state index contributed by atoms with van der Waals surface area (Å²) in [5.74, 6) is 0.114. The van der Waals surface area contributed by atoms with Crippen LogP contribution in [0.2, 0.25) is 0 Å². The van der Waals surface area contributed by atoms with E-state index < -0.39 is 11.0 Å². The van der Waals surface area contributed by atoms with Crippen LogP contribution >= 0.6 is 0 Å². The van der Waals surface area contributed by atoms with Crippen molar-refractivity contribution in [3.05, 3.63) is 64.2 Å². The van der Waals surface area contributed by atoms with Crippen molar-refractivity contribution < 1.29 is 19.2 Å². The maximum atomic E-state index is 11.7. The van der Waals surface area contributed by atoms with Crippen LogP contribution in [0, 0.1) is 10.1 Å². The van der Waals surface area contributed by atoms with Crippen LogP contribution in [0.15, 0.2) is 48.5 Å². The van der Waals surface area contributed by atoms with Gasteiger partial charge in [0.15, 0.2) is 5.78 Å². The molecule has 0 aliphatic carbocycles. The average molecular weight is 300 g/mol. The molecule has 1 N–H and O–H groups in total. The Bertz CT molecular complexity index is 646. The van der Waals surface area contributed by atoms with Gasteiger partial charge in [0, 0.05) is 23.4 Å². The average Bonchev–Trinajstić information content (AvgIpc) is 2.48. The Morgan fingerprint density at radius 2 is 1.64 bits per heavy atom. The molecule has 0 aliphatic rings. The topological polar surface area (TPSA) is 98.5 Å². The standard InChI is InChI=1S/C15H12N2O5/c1-10(18)11-2-4-12(5-3-11)16-15(19)22-14-8-6-13(7-9-14)17(20)21/h2-9H,1H3,(H,16,19). The molecule has 2 rings (SSSR count). The van der Waals surface area contributed by atoms with Crippen LogP contribution < -0.4 is 10.1 Å². The molecule has 0 aliphatic heterocycles. The van der Waals surface area contributed by atoms with Crippen molar-refractivity contribution in [2.45, 2.75) is 6.92 Å². The molecule has 7 nitrogen and oxygen atoms in total. The van der Waals surface area contributed by atoms with E-state index in [4.69, 9.17) is 4.74 Å². The van der Waals surface area contributed by atoms with Gasteiger partial charge in [-0.15, -0.1) is 0 Å². The number of nitrogens with zero attached hydrogens (tertiary/aromatic N) is 1. The summed E-state index contributed by atoms with van der Waals surface area (Å²) in [7, 11) is 0. The number of nitrogens with one attached hydrogen (secondary N) is 1. The highest BCUT2D eigenvalue weighted by molar-refractivity contribution is 5.95. The number of carbonyl (C=O) groups is 2. The number of benzene rings is 2. The highest BCUT2D eigenvalue weighted by Gasteiger charge is 2.08. The quantitative estimate of drug-likeness (QED) is 0.530. The van der Waals surface area contributed by atoms with Crippen LogP contribution in [-0.4, -0.2) is 16.8 Å². The number of Topliss-reactive ketones (excluding diaryl/α,β-unsaturated/α-hetero) is 1. The molecule has 0 saturated heterocycles. The fourth-order valence-electron chi connectivity index (χ4n) is 1.67. The van der Waals surface area contributed by atoms with Crippen molar-refractivity contribution in [2.24, 2.45) is 0 Å². The summed E-state index contributed by atoms with van der Waals surface area (Å²) in [5, 5.41) is 13.0. The van der Waals surface area contributed by atoms with Gasteiger partial charge in [0.25, 0.3) is 5.69 Å². The molecule has 0 spiro atoms. The van der Waals surface area contributed by atoms with Gasteiger partial charge in [-0.05, 0) is 43.3 Å². The monoisotopic (exact) mass is 300 g/mol. The van der Waals surface area contributed by atoms with E-state index in [1.54, 1.807) is 24.3 Å². The zero-order valence-electron chi connectivity index (χ0n) is 11.6. The van der Waals surface area contributed by atoms with Crippen molar-refractivity contribution >= 4 is 23.3 Å². The molecule has 0 radical (unpaired) electrons. The number of nitro groups is 1. The second-order valence-corrected chi connectivity index (χ2v) is 4.40. The maximum Gasteiger partial charge on any atom is 0.417 e. The van der Waals surface area contributed by atoms with E-state index in [9.17, 15) is 19.7 Å². The van der Waals surface area contributed by atoms with E-state index in [-0.39, 0.29) is 17.2 Å². The van der Waals surface area contributed by atoms with E-state index in [1.165, 1.54) is 31.2 Å². The van der Waals surface area contributed by atoms with Gasteiger partial charge in [0.2, 0.25) is 0 Å². The molecule has 0 saturated carbocycles. The molecule has 0 bridgehead atoms. The molecule has 22 heavy (non-hydrogen) atoms. The Hall–Kier alpha value is -3.22. The van der Waals surface area contributed by atoms with Crippen LogP contribution in [0.3, 0.4) is 0 Å². The van der Waals surface area contributed by atoms with Crippen LogP contribution in [0.25, 0.3) is 0 Å². The second kappa shape index (κ2) is 6.49. The van der Waals surface area contributed by atoms with Gasteiger partial charge in [-0.25, -0.2) is 4.79 Å². The number of ether oxygens (including phenoxy) is 1. The minimum atomic E-state index is -0.732. The lowest BCUT2D eigenvalue weighted by Gasteiger charge is -2.06. The maximum absolute atomic E-state index is 11.7. The first-order valence-corrected chi connectivity index (χ1v) is 6.30. The van der Waals surface area contributed by atoms with E-state index >= 15 is 0 Å². The summed E-state index contributed by atoms with van der Waals surface area (Å²) in [6, 6.07) is 11.5. The van der Waals surface area contributed by atoms with Gasteiger partial charge in [-0.1, -0.05) is 0 Å². The third-order valence-corrected chi connectivity index (χ3v) is 2.80. The summed E-state index contributed by atoms with van der Waals surface area (Å²) in [4.78, 5) is 32.8. The summed E-state index contributed by atoms with van der Waals surface area (Å²) in [6.45, 7) is 1.45. The number of nitro benzene ring substituents is 1. The smallest absolute Gasteiger partial charge is 0.410 e. The molecule has 112 valence electrons. The van der Waals surface area contributed by atoms with Gasteiger partial charge in [0.1, 0.15) is 5.75 Å². The van der Waals surface area contributed by atoms with Gasteiger partial charge >= 0.3 is 6.09 Å². The summed E-state index contributed by atoms with van der Waals surface area (Å²) in [5.41, 5.74) is 0.916. The lowest BCUT2D eigenvalue weighted by molar-refractivity contribution is -0.384. The third kappa shape index (κ3) is 3.89. The van der Waals surface area contributed by atoms with Crippen LogP contribution in [0.1, 0.15) is 17.3 Å². The zero-order valence-corrected chi connectivity index (χ0v) is 11.6. The minimum absolute atomic E-state index is 0.0694. The van der Waals surface area contributed by atoms with Gasteiger partial charge in [0.05, 0.1) is 4.92 Å². The first kappa shape index (κ1) is 15.2. The van der Waals surface area contributed by atoms with E-state index in [0.29, 0.717) is 11.3 Å². The number of ketones is 1. The van der Waals surface area contributed by atoms with E-state index in [0.717, 1.165) is 0 Å². The largest absolute Gasteiger partial charge is 0.417 e. The SMILES string of the molecule is CC(=O)c1ccc(NC(=O)Oc2ccc([N+](=O)[O-])cc2)cc1. The number of hydrogen-bond donors (Lipinski definition) is 1. The van der Waals surface area contributed by atoms with Crippen molar-refractivity contribution in [2.75, 3.05) is 5.32 Å². The van der Waals surface area contributed by atoms with Crippen molar-refractivity contribution in [1.29, 1.82) is 0 Å². The highest BCUT2D eigenvalue weighted by atomic mass is 16.6. The highest BCUT2D eigenvalue weighted by Crippen LogP contribution is 2.18. The number of hydrogen-bond acceptors (Lipinski definition) is 5. The second-order valence-electron chi connectivity index (χ2n) is 4.40. The van der Waals surface area contributed by atoms with Gasteiger partial charge in [-0.2, -0.15) is 0 Å². The predicted molar refractivity (Wildman–Crippen MR) is 79.2 cm³/mol. The molecule has 2 aromatic carbocycles. The lowest BCUT2D eigenvalue weighted by Crippen LogP contribution is -2.16. The molecular formula is C15H12N2O5. The minimum Gasteiger partial charge on any atom is -0.410 e. The van der Waals surface area contributed by atoms with Crippen LogP contribution in [-0.2, 0) is 0 Å². The molecule has 2 aromatic rings. The van der Waals surface area contributed by atoms with Crippen molar-refractivity contribution in [1.82, 2.24) is 0 Å². The first-order valence-electron chi connectivity index (χ1n) is 6.30. The third-order valence-electron chi connectivity index (χ3n) is 2.80. The number of anilines is 1. The van der Waals surface area contributed by atoms with E-state index in [1.807, 2.05) is 0 Å². The Labute approximate surface area is 125 Å². The summed E-state index contributed by atoms with van der Waals surface area (Å²) < 4.78 is 4.99. The summed E-state index contributed by atoms with van der Waals surface area (Å²) >= 11 is 0. The number of amides is 1. The van der Waals surface area contributed by atoms with Gasteiger partial charge in [-0.3, -0.25) is 20.2 Å². The molecule has 0 aromatic heterocycles. The first-order chi connectivity index (χ1) is 10.5. The van der Waals surface area contributed by atoms with Gasteiger partial charge < -0.3 is 4.74 Å². The van der Waals surface area contributed by atoms with Crippen LogP contribution in [0.4, 0.5) is 16.2 Å². The molecular weight excluding hydrogens is 288 g/mol. The van der Waals surface area contributed by atoms with E-state index in [2.05, 4.69) is 5.32 Å².